The molecule has 33 heavy (non-hydrogen) atoms. The van der Waals surface area contributed by atoms with Gasteiger partial charge in [-0.05, 0) is 6.42 Å². The van der Waals surface area contributed by atoms with Crippen molar-refractivity contribution in [2.75, 3.05) is 0 Å². The average Bonchev–Trinajstić information content (AvgIpc) is 3.11. The fraction of sp³-hybridized carbons (Fsp3) is 0.538. The number of rotatable bonds is 8. The Hall–Kier alpha value is -0.960. The molecule has 2 heterocycles. The van der Waals surface area contributed by atoms with Crippen molar-refractivity contribution in [2.24, 2.45) is 0 Å². The molecule has 0 aliphatic carbocycles. The van der Waals surface area contributed by atoms with Crippen LogP contribution in [0.15, 0.2) is 0 Å². The smallest absolute Gasteiger partial charge is 0.747 e. The van der Waals surface area contributed by atoms with Gasteiger partial charge in [-0.3, -0.25) is 19.2 Å². The van der Waals surface area contributed by atoms with Crippen LogP contribution in [0, 0.1) is 0 Å². The standard InChI is InChI=1S/C13H14N2O14S2.2Na/c16-8-4-6(30(22,23)24)12(20)14(8)28-10(18)2-1-3-11(19)29-15-9(17)5-7(13(15)21)31(25,26)27;;/h6-7H,1-5H2,(H,22,23,24)(H,25,26,27);;/q;2*+1/p-2/i2D2,3D2;;. The average molecular weight is 534 g/mol. The summed E-state index contributed by atoms with van der Waals surface area (Å²) in [5, 5.41) is -5.93. The Balaban J connectivity index is 0.00000648. The van der Waals surface area contributed by atoms with Gasteiger partial charge < -0.3 is 18.8 Å². The Morgan fingerprint density at radius 3 is 1.36 bits per heavy atom. The van der Waals surface area contributed by atoms with Gasteiger partial charge in [0.25, 0.3) is 23.6 Å². The van der Waals surface area contributed by atoms with E-state index in [4.69, 9.17) is 5.48 Å². The minimum absolute atomic E-state index is 0. The maximum atomic E-state index is 12.1. The summed E-state index contributed by atoms with van der Waals surface area (Å²) in [5.41, 5.74) is 0. The Kier molecular flexibility index (Phi) is 9.25. The number of carbonyl (C=O) groups excluding carboxylic acids is 6. The van der Waals surface area contributed by atoms with Crippen molar-refractivity contribution in [1.82, 2.24) is 10.1 Å². The van der Waals surface area contributed by atoms with E-state index in [0.29, 0.717) is 0 Å². The molecule has 2 rings (SSSR count). The van der Waals surface area contributed by atoms with Gasteiger partial charge in [0.1, 0.15) is 30.7 Å². The predicted molar refractivity (Wildman–Crippen MR) is 85.9 cm³/mol. The zero-order valence-corrected chi connectivity index (χ0v) is 22.3. The molecule has 172 valence electrons. The summed E-state index contributed by atoms with van der Waals surface area (Å²) in [6.07, 6.45) is -11.3. The van der Waals surface area contributed by atoms with E-state index in [1.807, 2.05) is 0 Å². The van der Waals surface area contributed by atoms with Gasteiger partial charge in [0.15, 0.2) is 0 Å². The molecule has 2 unspecified atom stereocenters. The normalized spacial score (nSPS) is 23.6. The molecule has 0 aromatic heterocycles. The Morgan fingerprint density at radius 1 is 0.818 bits per heavy atom. The van der Waals surface area contributed by atoms with Crippen LogP contribution in [0.5, 0.6) is 0 Å². The fourth-order valence-corrected chi connectivity index (χ4v) is 3.61. The van der Waals surface area contributed by atoms with Gasteiger partial charge in [0.2, 0.25) is 0 Å². The van der Waals surface area contributed by atoms with Crippen molar-refractivity contribution in [1.29, 1.82) is 0 Å². The van der Waals surface area contributed by atoms with Crippen LogP contribution >= 0.6 is 0 Å². The number of hydrogen-bond donors (Lipinski definition) is 0. The number of amides is 4. The van der Waals surface area contributed by atoms with E-state index in [0.717, 1.165) is 0 Å². The second-order valence-corrected chi connectivity index (χ2v) is 8.82. The molecule has 2 atom stereocenters. The van der Waals surface area contributed by atoms with Crippen LogP contribution in [-0.2, 0) is 58.7 Å². The number of carbonyl (C=O) groups is 6. The van der Waals surface area contributed by atoms with Crippen LogP contribution in [-0.4, -0.2) is 82.1 Å². The van der Waals surface area contributed by atoms with Crippen LogP contribution in [0.4, 0.5) is 0 Å². The first-order chi connectivity index (χ1) is 15.6. The van der Waals surface area contributed by atoms with Crippen LogP contribution in [0.2, 0.25) is 0 Å². The molecule has 0 N–H and O–H groups in total. The fourth-order valence-electron chi connectivity index (χ4n) is 2.23. The number of hydrogen-bond acceptors (Lipinski definition) is 14. The molecular weight excluding hydrogens is 518 g/mol. The van der Waals surface area contributed by atoms with Gasteiger partial charge in [0, 0.05) is 18.2 Å². The van der Waals surface area contributed by atoms with E-state index in [1.165, 1.54) is 0 Å². The van der Waals surface area contributed by atoms with Gasteiger partial charge in [-0.15, -0.1) is 10.1 Å². The van der Waals surface area contributed by atoms with Gasteiger partial charge in [-0.2, -0.15) is 0 Å². The summed E-state index contributed by atoms with van der Waals surface area (Å²) in [7, 11) is -10.7. The van der Waals surface area contributed by atoms with Gasteiger partial charge in [0.05, 0.1) is 12.8 Å². The van der Waals surface area contributed by atoms with E-state index >= 15 is 0 Å². The molecule has 0 spiro atoms. The van der Waals surface area contributed by atoms with Gasteiger partial charge in [-0.1, -0.05) is 0 Å². The number of hydroxylamine groups is 4. The minimum atomic E-state index is -5.35. The molecule has 4 amide bonds. The molecule has 2 aliphatic heterocycles. The molecule has 2 saturated heterocycles. The zero-order chi connectivity index (χ0) is 27.3. The Bertz CT molecular complexity index is 1150. The van der Waals surface area contributed by atoms with E-state index in [1.54, 1.807) is 0 Å². The van der Waals surface area contributed by atoms with Crippen molar-refractivity contribution in [3.05, 3.63) is 0 Å². The molecule has 0 aromatic rings. The summed E-state index contributed by atoms with van der Waals surface area (Å²) < 4.78 is 96.1. The summed E-state index contributed by atoms with van der Waals surface area (Å²) >= 11 is 0. The molecule has 2 fully saturated rings. The predicted octanol–water partition coefficient (Wildman–Crippen LogP) is -9.57. The number of imide groups is 2. The Labute approximate surface area is 235 Å². The van der Waals surface area contributed by atoms with Crippen molar-refractivity contribution in [2.45, 2.75) is 42.5 Å². The van der Waals surface area contributed by atoms with E-state index < -0.39 is 108 Å². The van der Waals surface area contributed by atoms with E-state index in [2.05, 4.69) is 9.68 Å². The summed E-state index contributed by atoms with van der Waals surface area (Å²) in [4.78, 5) is 79.4. The topological polar surface area (TPSA) is 242 Å². The minimum Gasteiger partial charge on any atom is -0.747 e. The zero-order valence-electron chi connectivity index (χ0n) is 20.7. The first-order valence-electron chi connectivity index (χ1n) is 9.67. The van der Waals surface area contributed by atoms with Crippen molar-refractivity contribution in [3.63, 3.8) is 0 Å². The largest absolute Gasteiger partial charge is 1.00 e. The van der Waals surface area contributed by atoms with Gasteiger partial charge >= 0.3 is 71.1 Å². The van der Waals surface area contributed by atoms with E-state index in [9.17, 15) is 54.7 Å². The molecule has 20 heteroatoms. The number of nitrogens with zero attached hydrogens (tertiary/aromatic N) is 2. The van der Waals surface area contributed by atoms with E-state index in [-0.39, 0.29) is 59.1 Å². The Morgan fingerprint density at radius 2 is 1.12 bits per heavy atom. The third-order valence-corrected chi connectivity index (χ3v) is 5.77. The van der Waals surface area contributed by atoms with Gasteiger partial charge in [-0.25, -0.2) is 26.4 Å². The maximum absolute atomic E-state index is 12.1. The third-order valence-electron chi connectivity index (χ3n) is 3.64. The van der Waals surface area contributed by atoms with Crippen LogP contribution in [0.25, 0.3) is 0 Å². The second kappa shape index (κ2) is 12.1. The van der Waals surface area contributed by atoms with Crippen LogP contribution in [0.3, 0.4) is 0 Å². The van der Waals surface area contributed by atoms with Crippen molar-refractivity contribution < 1.29 is 129 Å². The molecule has 16 nitrogen and oxygen atoms in total. The molecule has 0 bridgehead atoms. The van der Waals surface area contributed by atoms with Crippen LogP contribution in [0.1, 0.15) is 37.5 Å². The first-order valence-corrected chi connectivity index (χ1v) is 10.6. The second-order valence-electron chi connectivity index (χ2n) is 5.71. The van der Waals surface area contributed by atoms with Crippen molar-refractivity contribution >= 4 is 55.8 Å². The molecule has 0 aromatic carbocycles. The molecular formula is C13H12N2Na2O14S2. The van der Waals surface area contributed by atoms with Crippen LogP contribution < -0.4 is 59.1 Å². The SMILES string of the molecule is [2H]C([2H])(CC([2H])([2H])C(=O)ON1C(=O)CC(S(=O)(=O)[O-])C1=O)C(=O)ON1C(=O)CC(S(=O)(=O)[O-])C1=O.[Na+].[Na+]. The monoisotopic (exact) mass is 534 g/mol. The first kappa shape index (κ1) is 25.1. The summed E-state index contributed by atoms with van der Waals surface area (Å²) in [5.74, 6) is -11.0. The molecule has 2 aliphatic rings. The maximum Gasteiger partial charge on any atom is 1.00 e. The molecule has 0 saturated carbocycles. The quantitative estimate of drug-likeness (QED) is 0.159. The summed E-state index contributed by atoms with van der Waals surface area (Å²) in [6.45, 7) is 0. The third kappa shape index (κ3) is 8.05. The molecule has 0 radical (unpaired) electrons. The summed E-state index contributed by atoms with van der Waals surface area (Å²) in [6, 6.07) is 0. The van der Waals surface area contributed by atoms with Crippen molar-refractivity contribution in [3.8, 4) is 0 Å².